The Balaban J connectivity index is 1.72. The third kappa shape index (κ3) is 11.4. The van der Waals surface area contributed by atoms with Gasteiger partial charge in [0.1, 0.15) is 12.2 Å². The van der Waals surface area contributed by atoms with Crippen LogP contribution in [0.4, 0.5) is 0 Å². The first kappa shape index (κ1) is 33.0. The van der Waals surface area contributed by atoms with Gasteiger partial charge in [0, 0.05) is 76.2 Å². The Morgan fingerprint density at radius 3 is 2.21 bits per heavy atom. The molecule has 3 heterocycles. The lowest BCUT2D eigenvalue weighted by molar-refractivity contribution is -0.234. The number of aliphatic hydroxyl groups is 3. The van der Waals surface area contributed by atoms with E-state index in [1.807, 2.05) is 49.4 Å². The number of hydrazine groups is 1. The van der Waals surface area contributed by atoms with E-state index in [4.69, 9.17) is 16.3 Å². The number of ether oxygens (including phenoxy) is 1. The minimum Gasteiger partial charge on any atom is -0.400 e. The van der Waals surface area contributed by atoms with E-state index in [9.17, 15) is 15.3 Å². The van der Waals surface area contributed by atoms with E-state index in [1.54, 1.807) is 30.9 Å². The average molecular weight is 581 g/mol. The Hall–Kier alpha value is -3.49. The molecule has 4 atom stereocenters. The van der Waals surface area contributed by atoms with E-state index in [2.05, 4.69) is 31.3 Å². The summed E-state index contributed by atoms with van der Waals surface area (Å²) in [6, 6.07) is 11.7. The number of hydrogen-bond donors (Lipinski definition) is 5. The van der Waals surface area contributed by atoms with Crippen LogP contribution in [-0.2, 0) is 17.8 Å². The molecule has 1 saturated heterocycles. The van der Waals surface area contributed by atoms with E-state index >= 15 is 0 Å². The maximum absolute atomic E-state index is 10.2. The van der Waals surface area contributed by atoms with Crippen molar-refractivity contribution in [3.63, 3.8) is 0 Å². The molecule has 42 heavy (non-hydrogen) atoms. The van der Waals surface area contributed by atoms with Crippen molar-refractivity contribution >= 4 is 6.21 Å². The van der Waals surface area contributed by atoms with Crippen molar-refractivity contribution < 1.29 is 20.1 Å². The molecule has 1 aliphatic heterocycles. The minimum atomic E-state index is -1.17. The normalized spacial score (nSPS) is 21.8. The van der Waals surface area contributed by atoms with Gasteiger partial charge >= 0.3 is 0 Å². The van der Waals surface area contributed by atoms with Crippen LogP contribution in [0, 0.1) is 0 Å². The van der Waals surface area contributed by atoms with Crippen molar-refractivity contribution in [2.75, 3.05) is 32.7 Å². The fourth-order valence-corrected chi connectivity index (χ4v) is 4.68. The van der Waals surface area contributed by atoms with E-state index in [-0.39, 0.29) is 13.0 Å². The van der Waals surface area contributed by atoms with Gasteiger partial charge in [-0.05, 0) is 37.3 Å². The molecule has 0 spiro atoms. The van der Waals surface area contributed by atoms with Gasteiger partial charge < -0.3 is 30.8 Å². The lowest BCUT2D eigenvalue weighted by Gasteiger charge is -2.36. The van der Waals surface area contributed by atoms with Crippen LogP contribution >= 0.6 is 0 Å². The first-order valence-electron chi connectivity index (χ1n) is 14.0. The minimum absolute atomic E-state index is 0.0322. The number of pyridine rings is 2. The number of aliphatic hydroxyl groups excluding tert-OH is 3. The molecule has 228 valence electrons. The fraction of sp³-hybridized carbons (Fsp3) is 0.433. The van der Waals surface area contributed by atoms with E-state index in [0.717, 1.165) is 17.1 Å². The summed E-state index contributed by atoms with van der Waals surface area (Å²) < 4.78 is 5.37. The number of nitrogens with zero attached hydrogens (tertiary/aromatic N) is 6. The third-order valence-electron chi connectivity index (χ3n) is 6.63. The molecule has 2 aromatic rings. The lowest BCUT2D eigenvalue weighted by Crippen LogP contribution is -2.53. The SMILES string of the molecule is C=C/C=C(/CN(CCN(C/C(N)=C/N(N)C[C@H]1OC(O)C[C@@H](O)[C@H]1O)Cc1ccccn1)Cc1ccccn1)N=CC. The molecule has 12 nitrogen and oxygen atoms in total. The summed E-state index contributed by atoms with van der Waals surface area (Å²) in [5.74, 6) is 6.16. The van der Waals surface area contributed by atoms with Crippen LogP contribution in [-0.4, -0.2) is 104 Å². The van der Waals surface area contributed by atoms with Gasteiger partial charge in [-0.25, -0.2) is 5.84 Å². The molecular formula is C30H44N8O4. The summed E-state index contributed by atoms with van der Waals surface area (Å²) >= 11 is 0. The second-order valence-electron chi connectivity index (χ2n) is 10.2. The van der Waals surface area contributed by atoms with Gasteiger partial charge in [0.05, 0.1) is 29.7 Å². The molecule has 1 fully saturated rings. The van der Waals surface area contributed by atoms with Crippen LogP contribution in [0.25, 0.3) is 0 Å². The van der Waals surface area contributed by atoms with Gasteiger partial charge in [-0.2, -0.15) is 0 Å². The van der Waals surface area contributed by atoms with Gasteiger partial charge in [-0.3, -0.25) is 24.8 Å². The maximum atomic E-state index is 10.2. The molecule has 1 aliphatic rings. The summed E-state index contributed by atoms with van der Waals surface area (Å²) in [6.07, 6.45) is 6.15. The van der Waals surface area contributed by atoms with Crippen molar-refractivity contribution in [1.29, 1.82) is 0 Å². The van der Waals surface area contributed by atoms with Crippen LogP contribution in [0.15, 0.2) is 90.1 Å². The van der Waals surface area contributed by atoms with Gasteiger partial charge in [0.15, 0.2) is 6.29 Å². The largest absolute Gasteiger partial charge is 0.400 e. The third-order valence-corrected chi connectivity index (χ3v) is 6.63. The highest BCUT2D eigenvalue weighted by Crippen LogP contribution is 2.19. The summed E-state index contributed by atoms with van der Waals surface area (Å²) in [7, 11) is 0. The zero-order chi connectivity index (χ0) is 30.3. The highest BCUT2D eigenvalue weighted by molar-refractivity contribution is 5.55. The van der Waals surface area contributed by atoms with Crippen molar-refractivity contribution in [1.82, 2.24) is 24.8 Å². The number of rotatable bonds is 16. The molecule has 0 bridgehead atoms. The zero-order valence-corrected chi connectivity index (χ0v) is 24.2. The second-order valence-corrected chi connectivity index (χ2v) is 10.2. The topological polar surface area (TPSA) is 170 Å². The van der Waals surface area contributed by atoms with Crippen LogP contribution < -0.4 is 11.6 Å². The molecule has 0 saturated carbocycles. The van der Waals surface area contributed by atoms with E-state index in [0.29, 0.717) is 45.0 Å². The lowest BCUT2D eigenvalue weighted by atomic mass is 10.0. The molecule has 0 aromatic carbocycles. The number of hydrogen-bond acceptors (Lipinski definition) is 12. The van der Waals surface area contributed by atoms with Crippen LogP contribution in [0.1, 0.15) is 24.7 Å². The molecule has 0 aliphatic carbocycles. The molecule has 3 rings (SSSR count). The Kier molecular flexibility index (Phi) is 13.7. The average Bonchev–Trinajstić information content (AvgIpc) is 2.95. The summed E-state index contributed by atoms with van der Waals surface area (Å²) in [4.78, 5) is 17.9. The van der Waals surface area contributed by atoms with Crippen molar-refractivity contribution in [2.45, 2.75) is 51.0 Å². The molecule has 0 amide bonds. The number of aliphatic imine (C=N–C) groups is 1. The van der Waals surface area contributed by atoms with Crippen molar-refractivity contribution in [3.8, 4) is 0 Å². The van der Waals surface area contributed by atoms with Crippen molar-refractivity contribution in [2.24, 2.45) is 16.6 Å². The Morgan fingerprint density at radius 1 is 1.05 bits per heavy atom. The van der Waals surface area contributed by atoms with Gasteiger partial charge in [0.2, 0.25) is 0 Å². The van der Waals surface area contributed by atoms with Gasteiger partial charge in [-0.15, -0.1) is 0 Å². The Morgan fingerprint density at radius 2 is 1.67 bits per heavy atom. The van der Waals surface area contributed by atoms with Crippen LogP contribution in [0.5, 0.6) is 0 Å². The number of allylic oxidation sites excluding steroid dienone is 2. The number of nitrogens with two attached hydrogens (primary N) is 2. The van der Waals surface area contributed by atoms with E-state index < -0.39 is 24.6 Å². The fourth-order valence-electron chi connectivity index (χ4n) is 4.68. The second kappa shape index (κ2) is 17.5. The van der Waals surface area contributed by atoms with Gasteiger partial charge in [0.25, 0.3) is 0 Å². The first-order chi connectivity index (χ1) is 20.3. The van der Waals surface area contributed by atoms with Crippen LogP contribution in [0.2, 0.25) is 0 Å². The van der Waals surface area contributed by atoms with Gasteiger partial charge in [-0.1, -0.05) is 24.8 Å². The Labute approximate surface area is 247 Å². The Bertz CT molecular complexity index is 1160. The molecule has 12 heteroatoms. The predicted molar refractivity (Wildman–Crippen MR) is 162 cm³/mol. The first-order valence-corrected chi connectivity index (χ1v) is 14.0. The van der Waals surface area contributed by atoms with Crippen molar-refractivity contribution in [3.05, 3.63) is 96.5 Å². The molecular weight excluding hydrogens is 536 g/mol. The number of aromatic nitrogens is 2. The maximum Gasteiger partial charge on any atom is 0.157 e. The molecule has 0 radical (unpaired) electrons. The zero-order valence-electron chi connectivity index (χ0n) is 24.2. The summed E-state index contributed by atoms with van der Waals surface area (Å²) in [5.41, 5.74) is 9.65. The monoisotopic (exact) mass is 580 g/mol. The quantitative estimate of drug-likeness (QED) is 0.0822. The standard InChI is InChI=1S/C30H44N8O4/c1-3-9-24(33-4-2)19-37(21-26-11-6-8-13-35-26)15-14-36(20-25-10-5-7-12-34-25)17-23(31)18-38(32)22-28-30(41)27(39)16-29(40)42-28/h3-13,18,27-30,39-41H,1,14-17,19-22,31-32H2,2H3/b23-18-,24-9-,33-4?/t27-,28-,29?,30-/m1/s1. The molecule has 2 aromatic heterocycles. The highest BCUT2D eigenvalue weighted by atomic mass is 16.6. The van der Waals surface area contributed by atoms with E-state index in [1.165, 1.54) is 5.01 Å². The molecule has 1 unspecified atom stereocenters. The highest BCUT2D eigenvalue weighted by Gasteiger charge is 2.36. The summed E-state index contributed by atoms with van der Waals surface area (Å²) in [6.45, 7) is 9.27. The molecule has 7 N–H and O–H groups in total. The van der Waals surface area contributed by atoms with Crippen LogP contribution in [0.3, 0.4) is 0 Å². The smallest absolute Gasteiger partial charge is 0.157 e. The predicted octanol–water partition coefficient (Wildman–Crippen LogP) is 0.746. The summed E-state index contributed by atoms with van der Waals surface area (Å²) in [5, 5.41) is 31.3.